The monoisotopic (exact) mass is 240 g/mol. The number of benzene rings is 1. The Morgan fingerprint density at radius 3 is 2.72 bits per heavy atom. The van der Waals surface area contributed by atoms with Crippen molar-refractivity contribution in [1.82, 2.24) is 25.1 Å². The Bertz CT molecular complexity index is 694. The van der Waals surface area contributed by atoms with Crippen molar-refractivity contribution in [2.45, 2.75) is 0 Å². The van der Waals surface area contributed by atoms with Crippen molar-refractivity contribution < 1.29 is 4.79 Å². The molecule has 0 atom stereocenters. The van der Waals surface area contributed by atoms with Gasteiger partial charge in [0.15, 0.2) is 0 Å². The van der Waals surface area contributed by atoms with E-state index in [9.17, 15) is 4.79 Å². The summed E-state index contributed by atoms with van der Waals surface area (Å²) in [5.41, 5.74) is 2.12. The molecule has 2 aromatic heterocycles. The number of rotatable bonds is 2. The Hall–Kier alpha value is -2.83. The summed E-state index contributed by atoms with van der Waals surface area (Å²) < 4.78 is 0. The first kappa shape index (κ1) is 10.3. The van der Waals surface area contributed by atoms with E-state index in [1.54, 1.807) is 30.6 Å². The topological polar surface area (TPSA) is 96.5 Å². The van der Waals surface area contributed by atoms with Crippen molar-refractivity contribution in [3.8, 4) is 0 Å². The third-order valence-corrected chi connectivity index (χ3v) is 2.36. The molecule has 7 nitrogen and oxygen atoms in total. The van der Waals surface area contributed by atoms with Gasteiger partial charge in [0.05, 0.1) is 11.0 Å². The van der Waals surface area contributed by atoms with Gasteiger partial charge in [0, 0.05) is 18.1 Å². The van der Waals surface area contributed by atoms with Crippen molar-refractivity contribution in [3.05, 3.63) is 42.7 Å². The quantitative estimate of drug-likeness (QED) is 0.696. The zero-order chi connectivity index (χ0) is 12.4. The van der Waals surface area contributed by atoms with Gasteiger partial charge in [0.25, 0.3) is 5.91 Å². The van der Waals surface area contributed by atoms with Crippen molar-refractivity contribution in [3.63, 3.8) is 0 Å². The molecule has 0 aliphatic carbocycles. The molecular formula is C11H8N6O. The van der Waals surface area contributed by atoms with E-state index in [1.165, 1.54) is 6.33 Å². The van der Waals surface area contributed by atoms with E-state index in [-0.39, 0.29) is 11.7 Å². The fourth-order valence-electron chi connectivity index (χ4n) is 1.55. The lowest BCUT2D eigenvalue weighted by Gasteiger charge is -2.03. The largest absolute Gasteiger partial charge is 0.319 e. The van der Waals surface area contributed by atoms with Crippen LogP contribution in [-0.2, 0) is 0 Å². The highest BCUT2D eigenvalue weighted by atomic mass is 16.2. The maximum absolute atomic E-state index is 11.7. The second kappa shape index (κ2) is 4.21. The summed E-state index contributed by atoms with van der Waals surface area (Å²) in [5.74, 6) is -0.190. The molecule has 18 heavy (non-hydrogen) atoms. The Morgan fingerprint density at radius 2 is 1.94 bits per heavy atom. The summed E-state index contributed by atoms with van der Waals surface area (Å²) >= 11 is 0. The van der Waals surface area contributed by atoms with E-state index >= 15 is 0 Å². The molecule has 0 saturated carbocycles. The minimum atomic E-state index is -0.351. The molecule has 0 fully saturated rings. The van der Waals surface area contributed by atoms with Gasteiger partial charge in [-0.05, 0) is 18.2 Å². The molecule has 2 heterocycles. The number of carbonyl (C=O) groups excluding carboxylic acids is 1. The lowest BCUT2D eigenvalue weighted by molar-refractivity contribution is 0.101. The molecule has 1 aromatic carbocycles. The van der Waals surface area contributed by atoms with Gasteiger partial charge in [-0.25, -0.2) is 4.98 Å². The van der Waals surface area contributed by atoms with Crippen LogP contribution in [0.4, 0.5) is 5.69 Å². The molecule has 0 aliphatic rings. The first-order valence-corrected chi connectivity index (χ1v) is 5.20. The van der Waals surface area contributed by atoms with Crippen molar-refractivity contribution >= 4 is 22.6 Å². The number of amides is 1. The number of nitrogens with zero attached hydrogens (tertiary/aromatic N) is 4. The van der Waals surface area contributed by atoms with Gasteiger partial charge in [0.1, 0.15) is 6.33 Å². The van der Waals surface area contributed by atoms with Crippen LogP contribution in [0.5, 0.6) is 0 Å². The maximum atomic E-state index is 11.7. The summed E-state index contributed by atoms with van der Waals surface area (Å²) in [5, 5.41) is 8.80. The van der Waals surface area contributed by atoms with E-state index in [0.29, 0.717) is 11.2 Å². The predicted octanol–water partition coefficient (Wildman–Crippen LogP) is 1.00. The fraction of sp³-hybridized carbons (Fsp3) is 0. The number of aromatic nitrogens is 5. The number of hydrogen-bond donors (Lipinski definition) is 2. The normalized spacial score (nSPS) is 10.4. The Balaban J connectivity index is 1.89. The van der Waals surface area contributed by atoms with Crippen LogP contribution in [0, 0.1) is 0 Å². The van der Waals surface area contributed by atoms with E-state index < -0.39 is 0 Å². The van der Waals surface area contributed by atoms with Gasteiger partial charge in [-0.2, -0.15) is 5.10 Å². The second-order valence-electron chi connectivity index (χ2n) is 3.55. The third-order valence-electron chi connectivity index (χ3n) is 2.36. The minimum absolute atomic E-state index is 0.161. The molecule has 0 unspecified atom stereocenters. The van der Waals surface area contributed by atoms with Crippen LogP contribution >= 0.6 is 0 Å². The number of anilines is 1. The SMILES string of the molecule is O=C(Nc1ccc2nccnc2c1)c1ncn[nH]1. The molecule has 0 saturated heterocycles. The summed E-state index contributed by atoms with van der Waals surface area (Å²) in [7, 11) is 0. The van der Waals surface area contributed by atoms with Crippen LogP contribution in [0.1, 0.15) is 10.6 Å². The number of carbonyl (C=O) groups is 1. The molecule has 88 valence electrons. The summed E-state index contributed by atoms with van der Waals surface area (Å²) in [6.45, 7) is 0. The molecule has 0 bridgehead atoms. The standard InChI is InChI=1S/C11H8N6O/c18-11(10-14-6-15-17-10)16-7-1-2-8-9(5-7)13-4-3-12-8/h1-6H,(H,16,18)(H,14,15,17). The van der Waals surface area contributed by atoms with Crippen LogP contribution in [0.3, 0.4) is 0 Å². The van der Waals surface area contributed by atoms with Crippen LogP contribution < -0.4 is 5.32 Å². The van der Waals surface area contributed by atoms with Gasteiger partial charge in [-0.1, -0.05) is 0 Å². The zero-order valence-corrected chi connectivity index (χ0v) is 9.16. The highest BCUT2D eigenvalue weighted by Gasteiger charge is 2.09. The van der Waals surface area contributed by atoms with E-state index in [1.807, 2.05) is 0 Å². The van der Waals surface area contributed by atoms with Crippen molar-refractivity contribution in [2.24, 2.45) is 0 Å². The number of aromatic amines is 1. The predicted molar refractivity (Wildman–Crippen MR) is 63.9 cm³/mol. The van der Waals surface area contributed by atoms with E-state index in [4.69, 9.17) is 0 Å². The van der Waals surface area contributed by atoms with Crippen molar-refractivity contribution in [1.29, 1.82) is 0 Å². The van der Waals surface area contributed by atoms with Gasteiger partial charge in [-0.15, -0.1) is 0 Å². The fourth-order valence-corrected chi connectivity index (χ4v) is 1.55. The molecule has 3 rings (SSSR count). The summed E-state index contributed by atoms with van der Waals surface area (Å²) in [4.78, 5) is 23.8. The smallest absolute Gasteiger partial charge is 0.292 e. The molecule has 2 N–H and O–H groups in total. The third kappa shape index (κ3) is 1.88. The zero-order valence-electron chi connectivity index (χ0n) is 9.16. The second-order valence-corrected chi connectivity index (χ2v) is 3.55. The van der Waals surface area contributed by atoms with E-state index in [0.717, 1.165) is 5.52 Å². The molecule has 0 radical (unpaired) electrons. The first-order chi connectivity index (χ1) is 8.83. The van der Waals surface area contributed by atoms with Gasteiger partial charge < -0.3 is 5.32 Å². The molecular weight excluding hydrogens is 232 g/mol. The van der Waals surface area contributed by atoms with Gasteiger partial charge >= 0.3 is 0 Å². The summed E-state index contributed by atoms with van der Waals surface area (Å²) in [6.07, 6.45) is 4.50. The lowest BCUT2D eigenvalue weighted by atomic mass is 10.2. The Labute approximate surface area is 101 Å². The molecule has 3 aromatic rings. The van der Waals surface area contributed by atoms with Crippen LogP contribution in [0.2, 0.25) is 0 Å². The lowest BCUT2D eigenvalue weighted by Crippen LogP contribution is -2.13. The Morgan fingerprint density at radius 1 is 1.11 bits per heavy atom. The number of nitrogens with one attached hydrogen (secondary N) is 2. The number of hydrogen-bond acceptors (Lipinski definition) is 5. The van der Waals surface area contributed by atoms with E-state index in [2.05, 4.69) is 30.5 Å². The van der Waals surface area contributed by atoms with Gasteiger partial charge in [-0.3, -0.25) is 19.9 Å². The number of fused-ring (bicyclic) bond motifs is 1. The molecule has 0 spiro atoms. The number of H-pyrrole nitrogens is 1. The summed E-state index contributed by atoms with van der Waals surface area (Å²) in [6, 6.07) is 5.29. The van der Waals surface area contributed by atoms with Crippen LogP contribution in [-0.4, -0.2) is 31.1 Å². The van der Waals surface area contributed by atoms with Gasteiger partial charge in [0.2, 0.25) is 5.82 Å². The maximum Gasteiger partial charge on any atom is 0.292 e. The average Bonchev–Trinajstić information content (AvgIpc) is 2.92. The Kier molecular flexibility index (Phi) is 2.41. The van der Waals surface area contributed by atoms with Crippen LogP contribution in [0.25, 0.3) is 11.0 Å². The van der Waals surface area contributed by atoms with Crippen molar-refractivity contribution in [2.75, 3.05) is 5.32 Å². The highest BCUT2D eigenvalue weighted by Crippen LogP contribution is 2.15. The molecule has 0 aliphatic heterocycles. The average molecular weight is 240 g/mol. The molecule has 1 amide bonds. The molecule has 7 heteroatoms. The highest BCUT2D eigenvalue weighted by molar-refractivity contribution is 6.02. The van der Waals surface area contributed by atoms with Crippen LogP contribution in [0.15, 0.2) is 36.9 Å². The minimum Gasteiger partial charge on any atom is -0.319 e. The first-order valence-electron chi connectivity index (χ1n) is 5.20.